The summed E-state index contributed by atoms with van der Waals surface area (Å²) >= 11 is 1.85. The Bertz CT molecular complexity index is 564. The van der Waals surface area contributed by atoms with Gasteiger partial charge >= 0.3 is 0 Å². The smallest absolute Gasteiger partial charge is 0.190 e. The Morgan fingerprint density at radius 2 is 2.15 bits per heavy atom. The summed E-state index contributed by atoms with van der Waals surface area (Å²) in [5, 5.41) is 4.55. The predicted octanol–water partition coefficient (Wildman–Crippen LogP) is 3.90. The van der Waals surface area contributed by atoms with Gasteiger partial charge in [0.1, 0.15) is 0 Å². The second-order valence-corrected chi connectivity index (χ2v) is 6.13. The summed E-state index contributed by atoms with van der Waals surface area (Å²) in [7, 11) is 2.05. The number of nitrogens with one attached hydrogen (secondary N) is 1. The quantitative estimate of drug-likeness (QED) is 0.924. The van der Waals surface area contributed by atoms with Crippen LogP contribution in [-0.4, -0.2) is 18.6 Å². The summed E-state index contributed by atoms with van der Waals surface area (Å²) in [4.78, 5) is 8.64. The lowest BCUT2D eigenvalue weighted by molar-refractivity contribution is 0.501. The van der Waals surface area contributed by atoms with Crippen LogP contribution in [0.4, 0.5) is 10.8 Å². The summed E-state index contributed by atoms with van der Waals surface area (Å²) < 4.78 is 0. The number of aromatic nitrogens is 1. The average molecular weight is 287 g/mol. The van der Waals surface area contributed by atoms with Crippen molar-refractivity contribution in [3.63, 3.8) is 0 Å². The van der Waals surface area contributed by atoms with E-state index >= 15 is 0 Å². The van der Waals surface area contributed by atoms with Crippen LogP contribution in [0.1, 0.15) is 36.4 Å². The molecule has 1 aliphatic carbocycles. The summed E-state index contributed by atoms with van der Waals surface area (Å²) in [5.41, 5.74) is 2.52. The molecule has 3 rings (SSSR count). The molecule has 20 heavy (non-hydrogen) atoms. The van der Waals surface area contributed by atoms with Crippen LogP contribution in [-0.2, 0) is 6.42 Å². The van der Waals surface area contributed by atoms with Gasteiger partial charge in [0.05, 0.1) is 5.69 Å². The molecule has 0 bridgehead atoms. The van der Waals surface area contributed by atoms with Gasteiger partial charge in [0.25, 0.3) is 0 Å². The van der Waals surface area contributed by atoms with Crippen LogP contribution >= 0.6 is 11.3 Å². The Balaban J connectivity index is 1.96. The fraction of sp³-hybridized carbons (Fsp3) is 0.438. The first-order chi connectivity index (χ1) is 9.83. The first-order valence-electron chi connectivity index (χ1n) is 7.33. The Morgan fingerprint density at radius 1 is 1.35 bits per heavy atom. The van der Waals surface area contributed by atoms with Crippen LogP contribution in [0.15, 0.2) is 30.3 Å². The fourth-order valence-electron chi connectivity index (χ4n) is 2.83. The van der Waals surface area contributed by atoms with Gasteiger partial charge in [-0.25, -0.2) is 4.98 Å². The zero-order valence-electron chi connectivity index (χ0n) is 12.1. The normalized spacial score (nSPS) is 17.8. The summed E-state index contributed by atoms with van der Waals surface area (Å²) in [6.07, 6.45) is 3.58. The van der Waals surface area contributed by atoms with Crippen molar-refractivity contribution in [3.05, 3.63) is 40.9 Å². The van der Waals surface area contributed by atoms with Crippen molar-refractivity contribution in [3.8, 4) is 0 Å². The molecule has 0 saturated heterocycles. The highest BCUT2D eigenvalue weighted by atomic mass is 32.1. The van der Waals surface area contributed by atoms with Gasteiger partial charge in [0, 0.05) is 23.2 Å². The molecule has 0 spiro atoms. The van der Waals surface area contributed by atoms with Crippen molar-refractivity contribution in [1.82, 2.24) is 10.3 Å². The van der Waals surface area contributed by atoms with Crippen LogP contribution in [0.2, 0.25) is 0 Å². The van der Waals surface area contributed by atoms with Crippen molar-refractivity contribution in [2.45, 2.75) is 32.2 Å². The van der Waals surface area contributed by atoms with Gasteiger partial charge in [0.2, 0.25) is 0 Å². The van der Waals surface area contributed by atoms with Crippen molar-refractivity contribution in [2.24, 2.45) is 0 Å². The number of nitrogens with zero attached hydrogens (tertiary/aromatic N) is 2. The molecule has 1 atom stereocenters. The molecule has 1 aromatic carbocycles. The van der Waals surface area contributed by atoms with E-state index in [1.807, 2.05) is 18.4 Å². The zero-order chi connectivity index (χ0) is 13.9. The molecule has 0 amide bonds. The molecule has 3 nitrogen and oxygen atoms in total. The minimum atomic E-state index is 0.486. The number of rotatable bonds is 4. The third kappa shape index (κ3) is 2.45. The molecule has 2 aromatic rings. The van der Waals surface area contributed by atoms with Gasteiger partial charge in [-0.1, -0.05) is 29.5 Å². The predicted molar refractivity (Wildman–Crippen MR) is 86.0 cm³/mol. The topological polar surface area (TPSA) is 28.2 Å². The number of anilines is 2. The minimum Gasteiger partial charge on any atom is -0.318 e. The molecular weight excluding hydrogens is 266 g/mol. The van der Waals surface area contributed by atoms with Crippen LogP contribution in [0.3, 0.4) is 0 Å². The first-order valence-corrected chi connectivity index (χ1v) is 8.14. The Morgan fingerprint density at radius 3 is 2.85 bits per heavy atom. The molecule has 1 unspecified atom stereocenters. The van der Waals surface area contributed by atoms with E-state index < -0.39 is 0 Å². The van der Waals surface area contributed by atoms with E-state index in [9.17, 15) is 0 Å². The van der Waals surface area contributed by atoms with Crippen LogP contribution < -0.4 is 10.2 Å². The van der Waals surface area contributed by atoms with Crippen LogP contribution in [0, 0.1) is 0 Å². The van der Waals surface area contributed by atoms with Gasteiger partial charge in [0.15, 0.2) is 5.13 Å². The maximum absolute atomic E-state index is 4.90. The lowest BCUT2D eigenvalue weighted by Gasteiger charge is -2.20. The second kappa shape index (κ2) is 5.94. The van der Waals surface area contributed by atoms with E-state index in [-0.39, 0.29) is 0 Å². The van der Waals surface area contributed by atoms with Crippen molar-refractivity contribution >= 4 is 22.2 Å². The number of thiazole rings is 1. The van der Waals surface area contributed by atoms with E-state index in [0.717, 1.165) is 18.1 Å². The van der Waals surface area contributed by atoms with Gasteiger partial charge in [-0.15, -0.1) is 0 Å². The van der Waals surface area contributed by atoms with E-state index in [4.69, 9.17) is 4.98 Å². The molecule has 0 radical (unpaired) electrons. The molecule has 0 saturated carbocycles. The van der Waals surface area contributed by atoms with Gasteiger partial charge in [-0.2, -0.15) is 0 Å². The maximum atomic E-state index is 4.90. The second-order valence-electron chi connectivity index (χ2n) is 5.12. The molecule has 1 aliphatic rings. The standard InChI is InChI=1S/C16H21N3S/c1-3-19(12-8-5-4-6-9-12)16-18-14-11-7-10-13(17-2)15(14)20-16/h4-6,8-9,13,17H,3,7,10-11H2,1-2H3. The number of para-hydroxylation sites is 1. The molecule has 0 fully saturated rings. The summed E-state index contributed by atoms with van der Waals surface area (Å²) in [6, 6.07) is 11.0. The first kappa shape index (κ1) is 13.6. The van der Waals surface area contributed by atoms with E-state index in [2.05, 4.69) is 47.5 Å². The lowest BCUT2D eigenvalue weighted by atomic mass is 9.98. The number of aryl methyl sites for hydroxylation is 1. The van der Waals surface area contributed by atoms with Crippen LogP contribution in [0.5, 0.6) is 0 Å². The number of benzene rings is 1. The molecule has 1 N–H and O–H groups in total. The Kier molecular flexibility index (Phi) is 4.03. The monoisotopic (exact) mass is 287 g/mol. The lowest BCUT2D eigenvalue weighted by Crippen LogP contribution is -2.19. The van der Waals surface area contributed by atoms with Crippen molar-refractivity contribution in [2.75, 3.05) is 18.5 Å². The highest BCUT2D eigenvalue weighted by Gasteiger charge is 2.25. The minimum absolute atomic E-state index is 0.486. The molecule has 1 heterocycles. The number of fused-ring (bicyclic) bond motifs is 1. The Labute approximate surface area is 124 Å². The molecule has 106 valence electrons. The molecule has 4 heteroatoms. The van der Waals surface area contributed by atoms with Crippen LogP contribution in [0.25, 0.3) is 0 Å². The van der Waals surface area contributed by atoms with Gasteiger partial charge in [-0.3, -0.25) is 0 Å². The molecule has 1 aromatic heterocycles. The van der Waals surface area contributed by atoms with E-state index in [0.29, 0.717) is 6.04 Å². The summed E-state index contributed by atoms with van der Waals surface area (Å²) in [6.45, 7) is 3.13. The number of hydrogen-bond donors (Lipinski definition) is 1. The molecule has 0 aliphatic heterocycles. The maximum Gasteiger partial charge on any atom is 0.190 e. The van der Waals surface area contributed by atoms with E-state index in [1.165, 1.54) is 29.1 Å². The fourth-order valence-corrected chi connectivity index (χ4v) is 4.17. The van der Waals surface area contributed by atoms with Gasteiger partial charge in [-0.05, 0) is 45.4 Å². The SMILES string of the molecule is CCN(c1ccccc1)c1nc2c(s1)C(NC)CCC2. The third-order valence-corrected chi connectivity index (χ3v) is 5.14. The third-order valence-electron chi connectivity index (χ3n) is 3.90. The van der Waals surface area contributed by atoms with Gasteiger partial charge < -0.3 is 10.2 Å². The highest BCUT2D eigenvalue weighted by Crippen LogP contribution is 2.39. The number of hydrogen-bond acceptors (Lipinski definition) is 4. The Hall–Kier alpha value is -1.39. The van der Waals surface area contributed by atoms with Crippen molar-refractivity contribution in [1.29, 1.82) is 0 Å². The summed E-state index contributed by atoms with van der Waals surface area (Å²) in [5.74, 6) is 0. The largest absolute Gasteiger partial charge is 0.318 e. The highest BCUT2D eigenvalue weighted by molar-refractivity contribution is 7.15. The average Bonchev–Trinajstić information content (AvgIpc) is 2.92. The molecular formula is C16H21N3S. The van der Waals surface area contributed by atoms with E-state index in [1.54, 1.807) is 0 Å². The van der Waals surface area contributed by atoms with Crippen molar-refractivity contribution < 1.29 is 0 Å². The zero-order valence-corrected chi connectivity index (χ0v) is 12.9.